The summed E-state index contributed by atoms with van der Waals surface area (Å²) in [6, 6.07) is 14.4. The largest absolute Gasteiger partial charge is 0.342 e. The number of nitrogens with zero attached hydrogens (tertiary/aromatic N) is 1. The van der Waals surface area contributed by atoms with Crippen LogP contribution in [0.25, 0.3) is 11.0 Å². The standard InChI is InChI=1S/C15H14BrN3/c16-12-4-1-10(2-5-12)8-15-18-13-6-3-11(9-17)7-14(13)19-15/h1-7H,8-9,17H2,(H,18,19). The number of imidazole rings is 1. The molecule has 96 valence electrons. The highest BCUT2D eigenvalue weighted by Crippen LogP contribution is 2.17. The zero-order valence-electron chi connectivity index (χ0n) is 10.4. The Bertz CT molecular complexity index is 701. The molecule has 0 spiro atoms. The minimum absolute atomic E-state index is 0.553. The third-order valence-electron chi connectivity index (χ3n) is 3.12. The number of hydrogen-bond acceptors (Lipinski definition) is 2. The summed E-state index contributed by atoms with van der Waals surface area (Å²) in [6.07, 6.45) is 0.805. The minimum atomic E-state index is 0.553. The SMILES string of the molecule is NCc1ccc2nc(Cc3ccc(Br)cc3)[nH]c2c1. The quantitative estimate of drug-likeness (QED) is 0.778. The van der Waals surface area contributed by atoms with Crippen LogP contribution in [0.2, 0.25) is 0 Å². The zero-order valence-corrected chi connectivity index (χ0v) is 11.9. The van der Waals surface area contributed by atoms with Crippen molar-refractivity contribution in [3.63, 3.8) is 0 Å². The van der Waals surface area contributed by atoms with Crippen molar-refractivity contribution in [3.8, 4) is 0 Å². The lowest BCUT2D eigenvalue weighted by Crippen LogP contribution is -1.95. The number of rotatable bonds is 3. The van der Waals surface area contributed by atoms with Crippen LogP contribution in [0.4, 0.5) is 0 Å². The molecule has 0 fully saturated rings. The van der Waals surface area contributed by atoms with E-state index in [4.69, 9.17) is 5.73 Å². The molecular weight excluding hydrogens is 302 g/mol. The van der Waals surface area contributed by atoms with Crippen LogP contribution in [0.1, 0.15) is 17.0 Å². The molecule has 0 radical (unpaired) electrons. The number of aromatic nitrogens is 2. The lowest BCUT2D eigenvalue weighted by Gasteiger charge is -1.98. The number of H-pyrrole nitrogens is 1. The Hall–Kier alpha value is -1.65. The van der Waals surface area contributed by atoms with E-state index in [1.54, 1.807) is 0 Å². The molecule has 2 aromatic carbocycles. The van der Waals surface area contributed by atoms with Gasteiger partial charge in [0.25, 0.3) is 0 Å². The van der Waals surface area contributed by atoms with Crippen LogP contribution in [-0.2, 0) is 13.0 Å². The van der Waals surface area contributed by atoms with Gasteiger partial charge in [-0.05, 0) is 35.4 Å². The Morgan fingerprint density at radius 3 is 2.53 bits per heavy atom. The van der Waals surface area contributed by atoms with Gasteiger partial charge in [-0.3, -0.25) is 0 Å². The summed E-state index contributed by atoms with van der Waals surface area (Å²) in [6.45, 7) is 0.553. The summed E-state index contributed by atoms with van der Waals surface area (Å²) in [5, 5.41) is 0. The molecular formula is C15H14BrN3. The Morgan fingerprint density at radius 2 is 1.79 bits per heavy atom. The first-order chi connectivity index (χ1) is 9.24. The van der Waals surface area contributed by atoms with Crippen LogP contribution >= 0.6 is 15.9 Å². The number of aromatic amines is 1. The molecule has 3 aromatic rings. The van der Waals surface area contributed by atoms with Crippen molar-refractivity contribution in [2.45, 2.75) is 13.0 Å². The van der Waals surface area contributed by atoms with Crippen LogP contribution in [-0.4, -0.2) is 9.97 Å². The van der Waals surface area contributed by atoms with Crippen molar-refractivity contribution in [3.05, 3.63) is 63.9 Å². The molecule has 0 bridgehead atoms. The van der Waals surface area contributed by atoms with E-state index in [9.17, 15) is 0 Å². The van der Waals surface area contributed by atoms with Gasteiger partial charge >= 0.3 is 0 Å². The van der Waals surface area contributed by atoms with E-state index in [0.717, 1.165) is 33.3 Å². The molecule has 3 nitrogen and oxygen atoms in total. The van der Waals surface area contributed by atoms with E-state index < -0.39 is 0 Å². The zero-order chi connectivity index (χ0) is 13.2. The molecule has 0 aliphatic rings. The highest BCUT2D eigenvalue weighted by Gasteiger charge is 2.04. The Labute approximate surface area is 120 Å². The van der Waals surface area contributed by atoms with Gasteiger partial charge in [0.2, 0.25) is 0 Å². The summed E-state index contributed by atoms with van der Waals surface area (Å²) < 4.78 is 1.09. The lowest BCUT2D eigenvalue weighted by molar-refractivity contribution is 1.04. The molecule has 1 heterocycles. The van der Waals surface area contributed by atoms with Gasteiger partial charge in [0, 0.05) is 17.4 Å². The third kappa shape index (κ3) is 2.69. The number of nitrogens with two attached hydrogens (primary N) is 1. The van der Waals surface area contributed by atoms with E-state index in [1.165, 1.54) is 5.56 Å². The van der Waals surface area contributed by atoms with Crippen molar-refractivity contribution in [1.29, 1.82) is 0 Å². The van der Waals surface area contributed by atoms with E-state index in [2.05, 4.69) is 44.1 Å². The fourth-order valence-electron chi connectivity index (χ4n) is 2.12. The summed E-state index contributed by atoms with van der Waals surface area (Å²) in [5.41, 5.74) is 10.0. The van der Waals surface area contributed by atoms with E-state index in [1.807, 2.05) is 24.3 Å². The summed E-state index contributed by atoms with van der Waals surface area (Å²) >= 11 is 3.44. The minimum Gasteiger partial charge on any atom is -0.342 e. The van der Waals surface area contributed by atoms with Crippen LogP contribution in [0.5, 0.6) is 0 Å². The monoisotopic (exact) mass is 315 g/mol. The normalized spacial score (nSPS) is 11.1. The van der Waals surface area contributed by atoms with E-state index in [-0.39, 0.29) is 0 Å². The van der Waals surface area contributed by atoms with Gasteiger partial charge in [0.1, 0.15) is 5.82 Å². The predicted octanol–water partition coefficient (Wildman–Crippen LogP) is 3.37. The fourth-order valence-corrected chi connectivity index (χ4v) is 2.38. The number of benzene rings is 2. The molecule has 0 saturated heterocycles. The topological polar surface area (TPSA) is 54.7 Å². The number of fused-ring (bicyclic) bond motifs is 1. The Morgan fingerprint density at radius 1 is 1.05 bits per heavy atom. The second-order valence-corrected chi connectivity index (χ2v) is 5.46. The molecule has 1 aromatic heterocycles. The first-order valence-corrected chi connectivity index (χ1v) is 6.96. The first-order valence-electron chi connectivity index (χ1n) is 6.16. The highest BCUT2D eigenvalue weighted by atomic mass is 79.9. The third-order valence-corrected chi connectivity index (χ3v) is 3.64. The summed E-state index contributed by atoms with van der Waals surface area (Å²) in [7, 11) is 0. The maximum Gasteiger partial charge on any atom is 0.111 e. The van der Waals surface area contributed by atoms with Gasteiger partial charge in [0.05, 0.1) is 11.0 Å². The van der Waals surface area contributed by atoms with Gasteiger partial charge < -0.3 is 10.7 Å². The van der Waals surface area contributed by atoms with Crippen molar-refractivity contribution < 1.29 is 0 Å². The van der Waals surface area contributed by atoms with Crippen molar-refractivity contribution in [2.24, 2.45) is 5.73 Å². The fraction of sp³-hybridized carbons (Fsp3) is 0.133. The second-order valence-electron chi connectivity index (χ2n) is 4.54. The maximum absolute atomic E-state index is 5.65. The van der Waals surface area contributed by atoms with Gasteiger partial charge in [-0.15, -0.1) is 0 Å². The van der Waals surface area contributed by atoms with Gasteiger partial charge in [-0.1, -0.05) is 34.1 Å². The molecule has 3 N–H and O–H groups in total. The lowest BCUT2D eigenvalue weighted by atomic mass is 10.1. The van der Waals surface area contributed by atoms with E-state index >= 15 is 0 Å². The molecule has 0 aliphatic heterocycles. The highest BCUT2D eigenvalue weighted by molar-refractivity contribution is 9.10. The maximum atomic E-state index is 5.65. The molecule has 0 aliphatic carbocycles. The molecule has 19 heavy (non-hydrogen) atoms. The molecule has 0 amide bonds. The molecule has 0 unspecified atom stereocenters. The summed E-state index contributed by atoms with van der Waals surface area (Å²) in [5.74, 6) is 0.978. The van der Waals surface area contributed by atoms with Crippen molar-refractivity contribution in [1.82, 2.24) is 9.97 Å². The van der Waals surface area contributed by atoms with Crippen molar-refractivity contribution >= 4 is 27.0 Å². The van der Waals surface area contributed by atoms with Crippen LogP contribution in [0.3, 0.4) is 0 Å². The van der Waals surface area contributed by atoms with Crippen molar-refractivity contribution in [2.75, 3.05) is 0 Å². The average Bonchev–Trinajstić information content (AvgIpc) is 2.82. The number of halogens is 1. The smallest absolute Gasteiger partial charge is 0.111 e. The van der Waals surface area contributed by atoms with Crippen LogP contribution in [0, 0.1) is 0 Å². The molecule has 3 rings (SSSR count). The van der Waals surface area contributed by atoms with Gasteiger partial charge in [-0.25, -0.2) is 4.98 Å². The van der Waals surface area contributed by atoms with E-state index in [0.29, 0.717) is 6.54 Å². The second kappa shape index (κ2) is 5.15. The Kier molecular flexibility index (Phi) is 3.36. The number of nitrogens with one attached hydrogen (secondary N) is 1. The van der Waals surface area contributed by atoms with Crippen LogP contribution in [0.15, 0.2) is 46.9 Å². The average molecular weight is 316 g/mol. The van der Waals surface area contributed by atoms with Crippen LogP contribution < -0.4 is 5.73 Å². The van der Waals surface area contributed by atoms with Gasteiger partial charge in [0.15, 0.2) is 0 Å². The molecule has 0 saturated carbocycles. The molecule has 4 heteroatoms. The molecule has 0 atom stereocenters. The Balaban J connectivity index is 1.90. The number of hydrogen-bond donors (Lipinski definition) is 2. The summed E-state index contributed by atoms with van der Waals surface area (Å²) in [4.78, 5) is 7.95. The first kappa shape index (κ1) is 12.4. The van der Waals surface area contributed by atoms with Gasteiger partial charge in [-0.2, -0.15) is 0 Å². The predicted molar refractivity (Wildman–Crippen MR) is 80.9 cm³/mol.